The van der Waals surface area contributed by atoms with Crippen molar-refractivity contribution in [3.05, 3.63) is 54.6 Å². The molecule has 0 aliphatic rings. The maximum absolute atomic E-state index is 11.0. The minimum Gasteiger partial charge on any atom is -0.282 e. The molecule has 3 nitrogen and oxygen atoms in total. The molecule has 0 aromatic heterocycles. The summed E-state index contributed by atoms with van der Waals surface area (Å²) in [5.74, 6) is 0. The van der Waals surface area contributed by atoms with Crippen molar-refractivity contribution in [2.24, 2.45) is 0 Å². The summed E-state index contributed by atoms with van der Waals surface area (Å²) in [7, 11) is -4.13. The third kappa shape index (κ3) is 3.30. The maximum atomic E-state index is 11.0. The van der Waals surface area contributed by atoms with E-state index >= 15 is 0 Å². The van der Waals surface area contributed by atoms with Crippen LogP contribution in [0.25, 0.3) is 11.1 Å². The van der Waals surface area contributed by atoms with Crippen molar-refractivity contribution >= 4 is 22.5 Å². The van der Waals surface area contributed by atoms with E-state index in [0.29, 0.717) is 0 Å². The summed E-state index contributed by atoms with van der Waals surface area (Å²) in [6.07, 6.45) is 0. The molecule has 0 spiro atoms. The molecule has 5 heteroatoms. The van der Waals surface area contributed by atoms with E-state index in [1.165, 1.54) is 12.1 Å². The molecule has 0 atom stereocenters. The topological polar surface area (TPSA) is 54.4 Å². The molecule has 2 aromatic carbocycles. The van der Waals surface area contributed by atoms with Crippen molar-refractivity contribution < 1.29 is 13.0 Å². The number of hydrogen-bond donors (Lipinski definition) is 1. The van der Waals surface area contributed by atoms with Gasteiger partial charge in [-0.15, -0.1) is 12.4 Å². The van der Waals surface area contributed by atoms with Gasteiger partial charge in [0.15, 0.2) is 0 Å². The van der Waals surface area contributed by atoms with E-state index in [2.05, 4.69) is 0 Å². The molecule has 0 saturated heterocycles. The quantitative estimate of drug-likeness (QED) is 0.854. The van der Waals surface area contributed by atoms with Crippen LogP contribution in [0.2, 0.25) is 0 Å². The van der Waals surface area contributed by atoms with Crippen LogP contribution in [-0.2, 0) is 10.1 Å². The predicted octanol–water partition coefficient (Wildman–Crippen LogP) is 3.02. The van der Waals surface area contributed by atoms with Gasteiger partial charge >= 0.3 is 0 Å². The van der Waals surface area contributed by atoms with Crippen molar-refractivity contribution in [3.8, 4) is 11.1 Å². The first-order valence-corrected chi connectivity index (χ1v) is 6.14. The van der Waals surface area contributed by atoms with Crippen molar-refractivity contribution in [1.29, 1.82) is 0 Å². The van der Waals surface area contributed by atoms with Crippen LogP contribution in [0.15, 0.2) is 59.5 Å². The summed E-state index contributed by atoms with van der Waals surface area (Å²) < 4.78 is 30.9. The molecule has 17 heavy (non-hydrogen) atoms. The summed E-state index contributed by atoms with van der Waals surface area (Å²) in [6.45, 7) is 0. The van der Waals surface area contributed by atoms with Crippen molar-refractivity contribution in [3.63, 3.8) is 0 Å². The Labute approximate surface area is 106 Å². The van der Waals surface area contributed by atoms with Gasteiger partial charge in [-0.3, -0.25) is 4.55 Å². The molecule has 0 unspecified atom stereocenters. The lowest BCUT2D eigenvalue weighted by molar-refractivity contribution is 0.483. The Balaban J connectivity index is 0.00000144. The van der Waals surface area contributed by atoms with E-state index in [4.69, 9.17) is 4.55 Å². The lowest BCUT2D eigenvalue weighted by Crippen LogP contribution is -1.97. The Bertz CT molecular complexity index is 594. The Hall–Kier alpha value is -1.36. The first kappa shape index (κ1) is 13.7. The molecule has 0 aliphatic heterocycles. The van der Waals surface area contributed by atoms with Crippen LogP contribution in [0.1, 0.15) is 0 Å². The highest BCUT2D eigenvalue weighted by molar-refractivity contribution is 7.85. The van der Waals surface area contributed by atoms with Crippen LogP contribution in [0.5, 0.6) is 0 Å². The minimum atomic E-state index is -4.13. The van der Waals surface area contributed by atoms with Crippen LogP contribution in [0, 0.1) is 0 Å². The first-order valence-electron chi connectivity index (χ1n) is 4.70. The number of rotatable bonds is 2. The van der Waals surface area contributed by atoms with Crippen LogP contribution >= 0.6 is 12.4 Å². The molecule has 2 rings (SSSR count). The highest BCUT2D eigenvalue weighted by atomic mass is 35.5. The molecular formula is C12H11ClO3S. The zero-order chi connectivity index (χ0) is 11.6. The average Bonchev–Trinajstić information content (AvgIpc) is 2.29. The molecule has 0 radical (unpaired) electrons. The molecular weight excluding hydrogens is 260 g/mol. The molecule has 90 valence electrons. The fraction of sp³-hybridized carbons (Fsp3) is 0. The lowest BCUT2D eigenvalue weighted by atomic mass is 10.1. The Kier molecular flexibility index (Phi) is 4.28. The van der Waals surface area contributed by atoms with E-state index in [0.717, 1.165) is 11.1 Å². The molecule has 2 aromatic rings. The van der Waals surface area contributed by atoms with Gasteiger partial charge in [-0.25, -0.2) is 0 Å². The van der Waals surface area contributed by atoms with Crippen molar-refractivity contribution in [1.82, 2.24) is 0 Å². The van der Waals surface area contributed by atoms with E-state index in [1.54, 1.807) is 12.1 Å². The summed E-state index contributed by atoms with van der Waals surface area (Å²) in [4.78, 5) is -0.0890. The Morgan fingerprint density at radius 3 is 2.00 bits per heavy atom. The second-order valence-electron chi connectivity index (χ2n) is 3.37. The second kappa shape index (κ2) is 5.31. The fourth-order valence-corrected chi connectivity index (χ4v) is 1.99. The lowest BCUT2D eigenvalue weighted by Gasteiger charge is -2.03. The van der Waals surface area contributed by atoms with Gasteiger partial charge in [0, 0.05) is 0 Å². The summed E-state index contributed by atoms with van der Waals surface area (Å²) in [6, 6.07) is 15.6. The second-order valence-corrected chi connectivity index (χ2v) is 4.79. The normalized spacial score (nSPS) is 10.6. The van der Waals surface area contributed by atoms with Crippen molar-refractivity contribution in [2.45, 2.75) is 4.90 Å². The summed E-state index contributed by atoms with van der Waals surface area (Å²) >= 11 is 0. The number of halogens is 1. The van der Waals surface area contributed by atoms with E-state index in [1.807, 2.05) is 30.3 Å². The van der Waals surface area contributed by atoms with Crippen LogP contribution in [-0.4, -0.2) is 13.0 Å². The van der Waals surface area contributed by atoms with Gasteiger partial charge in [0.1, 0.15) is 0 Å². The van der Waals surface area contributed by atoms with E-state index < -0.39 is 10.1 Å². The van der Waals surface area contributed by atoms with Crippen LogP contribution in [0.4, 0.5) is 0 Å². The largest absolute Gasteiger partial charge is 0.294 e. The molecule has 0 saturated carbocycles. The highest BCUT2D eigenvalue weighted by Gasteiger charge is 2.09. The smallest absolute Gasteiger partial charge is 0.282 e. The van der Waals surface area contributed by atoms with Crippen LogP contribution < -0.4 is 0 Å². The predicted molar refractivity (Wildman–Crippen MR) is 68.9 cm³/mol. The number of hydrogen-bond acceptors (Lipinski definition) is 2. The Morgan fingerprint density at radius 1 is 0.824 bits per heavy atom. The van der Waals surface area contributed by atoms with Crippen LogP contribution in [0.3, 0.4) is 0 Å². The SMILES string of the molecule is Cl.O=S(=O)(O)c1cccc(-c2ccccc2)c1. The minimum absolute atomic E-state index is 0. The highest BCUT2D eigenvalue weighted by Crippen LogP contribution is 2.21. The molecule has 1 N–H and O–H groups in total. The Morgan fingerprint density at radius 2 is 1.41 bits per heavy atom. The molecule has 0 amide bonds. The van der Waals surface area contributed by atoms with Gasteiger partial charge in [0.25, 0.3) is 10.1 Å². The van der Waals surface area contributed by atoms with Crippen molar-refractivity contribution in [2.75, 3.05) is 0 Å². The summed E-state index contributed by atoms with van der Waals surface area (Å²) in [5.41, 5.74) is 1.67. The van der Waals surface area contributed by atoms with Gasteiger partial charge in [0.05, 0.1) is 4.90 Å². The first-order chi connectivity index (χ1) is 7.57. The molecule has 0 aliphatic carbocycles. The molecule has 0 bridgehead atoms. The maximum Gasteiger partial charge on any atom is 0.294 e. The average molecular weight is 271 g/mol. The van der Waals surface area contributed by atoms with Gasteiger partial charge < -0.3 is 0 Å². The molecule has 0 fully saturated rings. The standard InChI is InChI=1S/C12H10O3S.ClH/c13-16(14,15)12-8-4-7-11(9-12)10-5-2-1-3-6-10;/h1-9H,(H,13,14,15);1H. The van der Waals surface area contributed by atoms with Gasteiger partial charge in [-0.1, -0.05) is 42.5 Å². The zero-order valence-corrected chi connectivity index (χ0v) is 10.4. The number of benzene rings is 2. The third-order valence-electron chi connectivity index (χ3n) is 2.24. The zero-order valence-electron chi connectivity index (χ0n) is 8.78. The van der Waals surface area contributed by atoms with Gasteiger partial charge in [0.2, 0.25) is 0 Å². The monoisotopic (exact) mass is 270 g/mol. The van der Waals surface area contributed by atoms with E-state index in [-0.39, 0.29) is 17.3 Å². The fourth-order valence-electron chi connectivity index (χ4n) is 1.47. The third-order valence-corrected chi connectivity index (χ3v) is 3.09. The van der Waals surface area contributed by atoms with Gasteiger partial charge in [-0.05, 0) is 23.3 Å². The summed E-state index contributed by atoms with van der Waals surface area (Å²) in [5, 5.41) is 0. The van der Waals surface area contributed by atoms with Gasteiger partial charge in [-0.2, -0.15) is 8.42 Å². The molecule has 0 heterocycles. The van der Waals surface area contributed by atoms with E-state index in [9.17, 15) is 8.42 Å².